The molecule has 2 aromatic heterocycles. The highest BCUT2D eigenvalue weighted by Gasteiger charge is 2.10. The van der Waals surface area contributed by atoms with Crippen molar-refractivity contribution in [1.82, 2.24) is 19.3 Å². The van der Waals surface area contributed by atoms with Crippen LogP contribution in [0.1, 0.15) is 0 Å². The van der Waals surface area contributed by atoms with Gasteiger partial charge in [-0.3, -0.25) is 0 Å². The van der Waals surface area contributed by atoms with Crippen LogP contribution in [-0.2, 0) is 6.54 Å². The van der Waals surface area contributed by atoms with Gasteiger partial charge < -0.3 is 10.5 Å². The van der Waals surface area contributed by atoms with E-state index in [1.807, 2.05) is 30.3 Å². The van der Waals surface area contributed by atoms with Crippen molar-refractivity contribution in [2.75, 3.05) is 13.7 Å². The number of nitrogens with two attached hydrogens (primary N) is 1. The molecule has 26 heavy (non-hydrogen) atoms. The third kappa shape index (κ3) is 3.55. The van der Waals surface area contributed by atoms with E-state index in [1.54, 1.807) is 19.4 Å². The van der Waals surface area contributed by atoms with Crippen LogP contribution >= 0.6 is 0 Å². The van der Waals surface area contributed by atoms with Crippen molar-refractivity contribution in [2.24, 2.45) is 5.73 Å². The number of nitrogens with zero attached hydrogens (tertiary/aromatic N) is 4. The number of pyridine rings is 1. The van der Waals surface area contributed by atoms with Gasteiger partial charge in [0.2, 0.25) is 5.88 Å². The van der Waals surface area contributed by atoms with Gasteiger partial charge in [-0.25, -0.2) is 23.4 Å². The second kappa shape index (κ2) is 7.75. The molecule has 0 bridgehead atoms. The number of rotatable bonds is 6. The molecule has 0 aliphatic carbocycles. The SMILES string of the molecule is COc1cc(-c2cccc(-n3cnn(C/C(=C/F)CN)c3=O)c2)ccn1. The third-order valence-corrected chi connectivity index (χ3v) is 3.90. The van der Waals surface area contributed by atoms with Gasteiger partial charge in [-0.15, -0.1) is 0 Å². The van der Waals surface area contributed by atoms with Gasteiger partial charge in [-0.1, -0.05) is 12.1 Å². The van der Waals surface area contributed by atoms with Gasteiger partial charge in [0.1, 0.15) is 6.33 Å². The number of hydrogen-bond acceptors (Lipinski definition) is 5. The number of aromatic nitrogens is 4. The first-order valence-corrected chi connectivity index (χ1v) is 7.89. The zero-order chi connectivity index (χ0) is 18.5. The molecular formula is C18H18FN5O2. The summed E-state index contributed by atoms with van der Waals surface area (Å²) in [5, 5.41) is 4.03. The monoisotopic (exact) mass is 355 g/mol. The molecule has 0 radical (unpaired) electrons. The van der Waals surface area contributed by atoms with E-state index in [1.165, 1.54) is 15.6 Å². The van der Waals surface area contributed by atoms with Crippen LogP contribution in [-0.4, -0.2) is 33.0 Å². The number of hydrogen-bond donors (Lipinski definition) is 1. The van der Waals surface area contributed by atoms with Gasteiger partial charge >= 0.3 is 5.69 Å². The summed E-state index contributed by atoms with van der Waals surface area (Å²) in [7, 11) is 1.55. The predicted octanol–water partition coefficient (Wildman–Crippen LogP) is 1.92. The Hall–Kier alpha value is -3.26. The van der Waals surface area contributed by atoms with Crippen LogP contribution < -0.4 is 16.2 Å². The maximum absolute atomic E-state index is 12.7. The van der Waals surface area contributed by atoms with Gasteiger partial charge in [0, 0.05) is 18.8 Å². The van der Waals surface area contributed by atoms with Crippen LogP contribution in [0, 0.1) is 0 Å². The minimum Gasteiger partial charge on any atom is -0.481 e. The minimum atomic E-state index is -0.373. The van der Waals surface area contributed by atoms with Crippen LogP contribution in [0.25, 0.3) is 16.8 Å². The summed E-state index contributed by atoms with van der Waals surface area (Å²) < 4.78 is 20.4. The van der Waals surface area contributed by atoms with Gasteiger partial charge in [0.25, 0.3) is 0 Å². The van der Waals surface area contributed by atoms with Crippen molar-refractivity contribution in [3.63, 3.8) is 0 Å². The normalized spacial score (nSPS) is 11.6. The molecule has 0 unspecified atom stereocenters. The molecule has 0 saturated heterocycles. The fourth-order valence-electron chi connectivity index (χ4n) is 2.49. The zero-order valence-electron chi connectivity index (χ0n) is 14.2. The Kier molecular flexibility index (Phi) is 5.23. The molecule has 8 heteroatoms. The van der Waals surface area contributed by atoms with E-state index in [2.05, 4.69) is 10.1 Å². The molecule has 3 rings (SSSR count). The lowest BCUT2D eigenvalue weighted by Crippen LogP contribution is -2.25. The third-order valence-electron chi connectivity index (χ3n) is 3.90. The van der Waals surface area contributed by atoms with Crippen LogP contribution in [0.2, 0.25) is 0 Å². The van der Waals surface area contributed by atoms with Gasteiger partial charge in [-0.05, 0) is 34.9 Å². The number of benzene rings is 1. The van der Waals surface area contributed by atoms with Gasteiger partial charge in [0.15, 0.2) is 0 Å². The zero-order valence-corrected chi connectivity index (χ0v) is 14.2. The largest absolute Gasteiger partial charge is 0.481 e. The molecule has 0 amide bonds. The lowest BCUT2D eigenvalue weighted by atomic mass is 10.1. The second-order valence-corrected chi connectivity index (χ2v) is 5.55. The Morgan fingerprint density at radius 3 is 2.85 bits per heavy atom. The first kappa shape index (κ1) is 17.6. The van der Waals surface area contributed by atoms with E-state index in [4.69, 9.17) is 10.5 Å². The maximum atomic E-state index is 12.7. The van der Waals surface area contributed by atoms with Crippen molar-refractivity contribution in [3.8, 4) is 22.7 Å². The first-order valence-electron chi connectivity index (χ1n) is 7.89. The summed E-state index contributed by atoms with van der Waals surface area (Å²) in [6.07, 6.45) is 3.46. The summed E-state index contributed by atoms with van der Waals surface area (Å²) in [6.45, 7) is 0.0369. The van der Waals surface area contributed by atoms with Crippen molar-refractivity contribution in [3.05, 3.63) is 71.3 Å². The molecule has 1 aromatic carbocycles. The molecule has 0 aliphatic heterocycles. The lowest BCUT2D eigenvalue weighted by Gasteiger charge is -2.07. The topological polar surface area (TPSA) is 88.0 Å². The average molecular weight is 355 g/mol. The molecular weight excluding hydrogens is 337 g/mol. The summed E-state index contributed by atoms with van der Waals surface area (Å²) in [6, 6.07) is 11.1. The van der Waals surface area contributed by atoms with E-state index < -0.39 is 0 Å². The van der Waals surface area contributed by atoms with Crippen molar-refractivity contribution in [1.29, 1.82) is 0 Å². The highest BCUT2D eigenvalue weighted by Crippen LogP contribution is 2.23. The molecule has 7 nitrogen and oxygen atoms in total. The summed E-state index contributed by atoms with van der Waals surface area (Å²) in [5.41, 5.74) is 7.80. The Morgan fingerprint density at radius 2 is 2.12 bits per heavy atom. The van der Waals surface area contributed by atoms with Crippen LogP contribution in [0.4, 0.5) is 4.39 Å². The van der Waals surface area contributed by atoms with Crippen LogP contribution in [0.3, 0.4) is 0 Å². The summed E-state index contributed by atoms with van der Waals surface area (Å²) in [4.78, 5) is 16.6. The van der Waals surface area contributed by atoms with Gasteiger partial charge in [0.05, 0.1) is 25.7 Å². The average Bonchev–Trinajstić information content (AvgIpc) is 3.06. The fraction of sp³-hybridized carbons (Fsp3) is 0.167. The smallest absolute Gasteiger partial charge is 0.350 e. The molecule has 0 saturated carbocycles. The quantitative estimate of drug-likeness (QED) is 0.730. The highest BCUT2D eigenvalue weighted by molar-refractivity contribution is 5.66. The second-order valence-electron chi connectivity index (χ2n) is 5.55. The van der Waals surface area contributed by atoms with Crippen molar-refractivity contribution >= 4 is 0 Å². The van der Waals surface area contributed by atoms with E-state index in [0.717, 1.165) is 11.1 Å². The maximum Gasteiger partial charge on any atom is 0.350 e. The van der Waals surface area contributed by atoms with E-state index in [-0.39, 0.29) is 24.4 Å². The fourth-order valence-corrected chi connectivity index (χ4v) is 2.49. The first-order chi connectivity index (χ1) is 12.7. The number of methoxy groups -OCH3 is 1. The Morgan fingerprint density at radius 1 is 1.31 bits per heavy atom. The minimum absolute atomic E-state index is 0.0140. The Labute approximate surface area is 149 Å². The predicted molar refractivity (Wildman–Crippen MR) is 95.9 cm³/mol. The molecule has 0 aliphatic rings. The number of halogens is 1. The molecule has 2 N–H and O–H groups in total. The molecule has 0 fully saturated rings. The molecule has 2 heterocycles. The Balaban J connectivity index is 1.96. The highest BCUT2D eigenvalue weighted by atomic mass is 19.1. The van der Waals surface area contributed by atoms with Crippen molar-refractivity contribution in [2.45, 2.75) is 6.54 Å². The summed E-state index contributed by atoms with van der Waals surface area (Å²) >= 11 is 0. The lowest BCUT2D eigenvalue weighted by molar-refractivity contribution is 0.398. The van der Waals surface area contributed by atoms with Crippen LogP contribution in [0.5, 0.6) is 5.88 Å². The van der Waals surface area contributed by atoms with E-state index in [9.17, 15) is 9.18 Å². The van der Waals surface area contributed by atoms with Crippen molar-refractivity contribution < 1.29 is 9.13 Å². The molecule has 3 aromatic rings. The van der Waals surface area contributed by atoms with Crippen LogP contribution in [0.15, 0.2) is 65.6 Å². The Bertz CT molecular complexity index is 993. The van der Waals surface area contributed by atoms with E-state index in [0.29, 0.717) is 17.9 Å². The number of ether oxygens (including phenoxy) is 1. The standard InChI is InChI=1S/C18H18FN5O2/c1-26-17-8-15(5-6-21-17)14-3-2-4-16(7-14)23-12-22-24(18(23)25)11-13(9-19)10-20/h2-9,12H,10-11,20H2,1H3/b13-9+. The molecule has 0 atom stereocenters. The molecule has 0 spiro atoms. The molecule has 134 valence electrons. The van der Waals surface area contributed by atoms with Gasteiger partial charge in [-0.2, -0.15) is 5.10 Å². The summed E-state index contributed by atoms with van der Waals surface area (Å²) in [5.74, 6) is 0.505. The van der Waals surface area contributed by atoms with E-state index >= 15 is 0 Å².